The molecule has 5 rings (SSSR count). The summed E-state index contributed by atoms with van der Waals surface area (Å²) in [5.41, 5.74) is -2.20. The molecule has 2 saturated carbocycles. The molecule has 3 heterocycles. The number of nitrogens with zero attached hydrogens (tertiary/aromatic N) is 1. The van der Waals surface area contributed by atoms with E-state index in [0.29, 0.717) is 25.5 Å². The van der Waals surface area contributed by atoms with Crippen LogP contribution in [0.1, 0.15) is 91.4 Å². The molecular weight excluding hydrogens is 614 g/mol. The van der Waals surface area contributed by atoms with E-state index in [2.05, 4.69) is 27.3 Å². The van der Waals surface area contributed by atoms with Crippen LogP contribution >= 0.6 is 0 Å². The number of alkyl carbamates (subject to hydrolysis) is 1. The Morgan fingerprint density at radius 2 is 1.76 bits per heavy atom. The molecule has 13 nitrogen and oxygen atoms in total. The first-order chi connectivity index (χ1) is 21.7. The van der Waals surface area contributed by atoms with Crippen molar-refractivity contribution in [2.75, 3.05) is 19.8 Å². The second kappa shape index (κ2) is 13.8. The number of rotatable bonds is 6. The maximum atomic E-state index is 14.2. The van der Waals surface area contributed by atoms with Crippen molar-refractivity contribution in [1.82, 2.24) is 25.6 Å². The van der Waals surface area contributed by atoms with Crippen LogP contribution in [-0.4, -0.2) is 98.0 Å². The van der Waals surface area contributed by atoms with Crippen LogP contribution in [-0.2, 0) is 33.9 Å². The highest BCUT2D eigenvalue weighted by Gasteiger charge is 2.62. The van der Waals surface area contributed by atoms with Gasteiger partial charge in [-0.3, -0.25) is 19.1 Å². The van der Waals surface area contributed by atoms with Crippen LogP contribution in [0.15, 0.2) is 12.7 Å². The number of piperidine rings is 1. The van der Waals surface area contributed by atoms with Gasteiger partial charge in [-0.05, 0) is 50.4 Å². The zero-order valence-electron chi connectivity index (χ0n) is 27.3. The van der Waals surface area contributed by atoms with E-state index < -0.39 is 74.1 Å². The highest BCUT2D eigenvalue weighted by molar-refractivity contribution is 7.91. The van der Waals surface area contributed by atoms with Crippen LogP contribution in [0.3, 0.4) is 0 Å². The van der Waals surface area contributed by atoms with Gasteiger partial charge in [-0.1, -0.05) is 46.1 Å². The molecule has 0 aromatic carbocycles. The van der Waals surface area contributed by atoms with E-state index in [-0.39, 0.29) is 32.0 Å². The largest absolute Gasteiger partial charge is 0.450 e. The SMILES string of the molecule is C=CC1C[C@]1(NC(=O)[C@@H]1C[C@@H]2CN1C(=O)[C@H](C(C)(C)C)NC(=O)OCCCCCC1CCCC(CO2)N1)C(=O)NS(=O)(=O)C1CC1. The lowest BCUT2D eigenvalue weighted by Crippen LogP contribution is -2.60. The van der Waals surface area contributed by atoms with Gasteiger partial charge in [0.2, 0.25) is 21.8 Å². The maximum Gasteiger partial charge on any atom is 0.407 e. The van der Waals surface area contributed by atoms with Gasteiger partial charge in [0.05, 0.1) is 24.6 Å². The number of carbonyl (C=O) groups excluding carboxylic acids is 4. The van der Waals surface area contributed by atoms with E-state index in [1.807, 2.05) is 20.8 Å². The van der Waals surface area contributed by atoms with Gasteiger partial charge in [-0.2, -0.15) is 0 Å². The molecule has 3 aliphatic heterocycles. The van der Waals surface area contributed by atoms with Crippen molar-refractivity contribution in [2.24, 2.45) is 11.3 Å². The number of ether oxygens (including phenoxy) is 2. The van der Waals surface area contributed by atoms with E-state index in [0.717, 1.165) is 44.9 Å². The highest BCUT2D eigenvalue weighted by Crippen LogP contribution is 2.45. The Hall–Kier alpha value is -2.71. The van der Waals surface area contributed by atoms with Gasteiger partial charge >= 0.3 is 6.09 Å². The van der Waals surface area contributed by atoms with Gasteiger partial charge in [0.1, 0.15) is 17.6 Å². The molecule has 4 N–H and O–H groups in total. The maximum absolute atomic E-state index is 14.2. The molecule has 4 bridgehead atoms. The predicted octanol–water partition coefficient (Wildman–Crippen LogP) is 1.87. The molecule has 7 atom stereocenters. The van der Waals surface area contributed by atoms with Gasteiger partial charge in [-0.15, -0.1) is 6.58 Å². The number of hydrogen-bond donors (Lipinski definition) is 4. The van der Waals surface area contributed by atoms with Gasteiger partial charge in [-0.25, -0.2) is 13.2 Å². The minimum absolute atomic E-state index is 0.122. The van der Waals surface area contributed by atoms with Gasteiger partial charge in [0, 0.05) is 31.0 Å². The molecule has 4 amide bonds. The lowest BCUT2D eigenvalue weighted by molar-refractivity contribution is -0.143. The summed E-state index contributed by atoms with van der Waals surface area (Å²) < 4.78 is 39.1. The van der Waals surface area contributed by atoms with Gasteiger partial charge < -0.3 is 30.3 Å². The quantitative estimate of drug-likeness (QED) is 0.309. The van der Waals surface area contributed by atoms with Crippen LogP contribution in [0.2, 0.25) is 0 Å². The topological polar surface area (TPSA) is 172 Å². The minimum atomic E-state index is -3.84. The molecule has 0 aromatic rings. The van der Waals surface area contributed by atoms with Crippen molar-refractivity contribution in [3.63, 3.8) is 0 Å². The van der Waals surface area contributed by atoms with Crippen molar-refractivity contribution in [3.05, 3.63) is 12.7 Å². The van der Waals surface area contributed by atoms with E-state index >= 15 is 0 Å². The number of hydrogen-bond acceptors (Lipinski definition) is 9. The van der Waals surface area contributed by atoms with Crippen molar-refractivity contribution < 1.29 is 37.1 Å². The molecule has 0 spiro atoms. The third-order valence-electron chi connectivity index (χ3n) is 10.0. The molecule has 258 valence electrons. The zero-order valence-corrected chi connectivity index (χ0v) is 28.2. The molecule has 46 heavy (non-hydrogen) atoms. The monoisotopic (exact) mass is 665 g/mol. The summed E-state index contributed by atoms with van der Waals surface area (Å²) >= 11 is 0. The predicted molar refractivity (Wildman–Crippen MR) is 170 cm³/mol. The van der Waals surface area contributed by atoms with E-state index in [1.165, 1.54) is 11.0 Å². The van der Waals surface area contributed by atoms with Crippen molar-refractivity contribution in [3.8, 4) is 0 Å². The second-order valence-electron chi connectivity index (χ2n) is 14.8. The van der Waals surface area contributed by atoms with Crippen LogP contribution < -0.4 is 20.7 Å². The number of sulfonamides is 1. The summed E-state index contributed by atoms with van der Waals surface area (Å²) in [7, 11) is -3.84. The van der Waals surface area contributed by atoms with Crippen LogP contribution in [0, 0.1) is 11.3 Å². The summed E-state index contributed by atoms with van der Waals surface area (Å²) in [6, 6.07) is -1.46. The molecule has 3 saturated heterocycles. The Morgan fingerprint density at radius 1 is 1.04 bits per heavy atom. The second-order valence-corrected chi connectivity index (χ2v) is 16.8. The van der Waals surface area contributed by atoms with Crippen molar-refractivity contribution in [2.45, 2.75) is 132 Å². The van der Waals surface area contributed by atoms with Crippen LogP contribution in [0.4, 0.5) is 4.79 Å². The molecular formula is C32H51N5O8S. The fourth-order valence-electron chi connectivity index (χ4n) is 6.96. The third kappa shape index (κ3) is 8.04. The lowest BCUT2D eigenvalue weighted by atomic mass is 9.85. The average molecular weight is 666 g/mol. The molecule has 0 radical (unpaired) electrons. The van der Waals surface area contributed by atoms with Crippen LogP contribution in [0.25, 0.3) is 0 Å². The van der Waals surface area contributed by atoms with Crippen LogP contribution in [0.5, 0.6) is 0 Å². The fraction of sp³-hybridized carbons (Fsp3) is 0.812. The van der Waals surface area contributed by atoms with Gasteiger partial charge in [0.25, 0.3) is 5.91 Å². The molecule has 0 aromatic heterocycles. The summed E-state index contributed by atoms with van der Waals surface area (Å²) in [4.78, 5) is 55.8. The van der Waals surface area contributed by atoms with E-state index in [9.17, 15) is 27.6 Å². The number of carbonyl (C=O) groups is 4. The van der Waals surface area contributed by atoms with E-state index in [1.54, 1.807) is 0 Å². The summed E-state index contributed by atoms with van der Waals surface area (Å²) in [5, 5.41) is 8.65. The summed E-state index contributed by atoms with van der Waals surface area (Å²) in [5.74, 6) is -2.30. The Morgan fingerprint density at radius 3 is 2.43 bits per heavy atom. The first kappa shape index (κ1) is 34.6. The zero-order chi connectivity index (χ0) is 33.3. The smallest absolute Gasteiger partial charge is 0.407 e. The highest BCUT2D eigenvalue weighted by atomic mass is 32.2. The van der Waals surface area contributed by atoms with Crippen molar-refractivity contribution >= 4 is 33.8 Å². The third-order valence-corrected chi connectivity index (χ3v) is 11.8. The number of fused-ring (bicyclic) bond motifs is 4. The standard InChI is InChI=1S/C32H51N5O8S/c1-5-20-17-32(20,29(40)36-46(42,43)24-13-14-24)35-27(38)25-16-23-18-37(25)28(39)26(31(2,3)4)34-30(41)44-15-8-6-7-10-21-11-9-12-22(33-21)19-45-23/h5,20-26,33H,1,6-19H2,2-4H3,(H,34,41)(H,35,38)(H,36,40)/t20?,21?,22?,23-,25+,26-,32-/m1/s1. The molecule has 5 aliphatic rings. The Labute approximate surface area is 272 Å². The fourth-order valence-corrected chi connectivity index (χ4v) is 8.32. The molecule has 2 aliphatic carbocycles. The van der Waals surface area contributed by atoms with Gasteiger partial charge in [0.15, 0.2) is 0 Å². The number of amides is 4. The summed E-state index contributed by atoms with van der Waals surface area (Å²) in [6.45, 7) is 10.0. The lowest BCUT2D eigenvalue weighted by Gasteiger charge is -2.35. The Kier molecular flexibility index (Phi) is 10.4. The molecule has 14 heteroatoms. The van der Waals surface area contributed by atoms with E-state index in [4.69, 9.17) is 9.47 Å². The number of nitrogens with one attached hydrogen (secondary N) is 4. The molecule has 3 unspecified atom stereocenters. The summed E-state index contributed by atoms with van der Waals surface area (Å²) in [6.07, 6.45) is 8.61. The number of cyclic esters (lactones) is 1. The first-order valence-electron chi connectivity index (χ1n) is 16.9. The normalized spacial score (nSPS) is 34.7. The minimum Gasteiger partial charge on any atom is -0.450 e. The van der Waals surface area contributed by atoms with Crippen molar-refractivity contribution in [1.29, 1.82) is 0 Å². The Balaban J connectivity index is 1.37. The first-order valence-corrected chi connectivity index (χ1v) is 18.4. The average Bonchev–Trinajstić information content (AvgIpc) is 3.92. The molecule has 5 fully saturated rings. The Bertz CT molecular complexity index is 1300.